The summed E-state index contributed by atoms with van der Waals surface area (Å²) in [6.07, 6.45) is 1.42. The van der Waals surface area contributed by atoms with Crippen LogP contribution in [0, 0.1) is 0 Å². The lowest BCUT2D eigenvalue weighted by molar-refractivity contribution is -0.132. The third kappa shape index (κ3) is 3.31. The largest absolute Gasteiger partial charge is 0.412 e. The van der Waals surface area contributed by atoms with Crippen molar-refractivity contribution in [3.05, 3.63) is 0 Å². The van der Waals surface area contributed by atoms with E-state index < -0.39 is 5.91 Å². The molecule has 2 amide bonds. The second-order valence-corrected chi connectivity index (χ2v) is 2.39. The summed E-state index contributed by atoms with van der Waals surface area (Å²) in [6.45, 7) is 0.764. The van der Waals surface area contributed by atoms with E-state index in [1.807, 2.05) is 0 Å². The maximum Gasteiger partial charge on any atom is 0.237 e. The lowest BCUT2D eigenvalue weighted by Gasteiger charge is -2.11. The van der Waals surface area contributed by atoms with Gasteiger partial charge in [-0.3, -0.25) is 9.59 Å². The molecule has 0 aromatic heterocycles. The molecule has 0 bridgehead atoms. The minimum atomic E-state index is -0.435. The van der Waals surface area contributed by atoms with Gasteiger partial charge in [0.1, 0.15) is 0 Å². The molecule has 1 fully saturated rings. The zero-order chi connectivity index (χ0) is 7.56. The Morgan fingerprint density at radius 3 is 2.42 bits per heavy atom. The number of nitrogens with zero attached hydrogens (tertiary/aromatic N) is 1. The summed E-state index contributed by atoms with van der Waals surface area (Å²) in [6, 6.07) is 0. The molecule has 6 N–H and O–H groups in total. The smallest absolute Gasteiger partial charge is 0.237 e. The van der Waals surface area contributed by atoms with E-state index in [2.05, 4.69) is 0 Å². The molecule has 0 aromatic rings. The van der Waals surface area contributed by atoms with E-state index in [1.165, 1.54) is 4.90 Å². The highest BCUT2D eigenvalue weighted by Gasteiger charge is 2.20. The summed E-state index contributed by atoms with van der Waals surface area (Å²) in [7, 11) is 0. The first-order chi connectivity index (χ1) is 4.70. The number of rotatable bonds is 2. The minimum Gasteiger partial charge on any atom is -0.412 e. The molecule has 0 atom stereocenters. The van der Waals surface area contributed by atoms with E-state index in [9.17, 15) is 9.59 Å². The molecule has 1 aliphatic rings. The minimum absolute atomic E-state index is 0. The Hall–Kier alpha value is -1.14. The van der Waals surface area contributed by atoms with Crippen molar-refractivity contribution in [1.29, 1.82) is 0 Å². The number of carbonyl (C=O) groups is 2. The highest BCUT2D eigenvalue weighted by molar-refractivity contribution is 5.84. The Balaban J connectivity index is 0. The molecular weight excluding hydrogens is 164 g/mol. The first-order valence-electron chi connectivity index (χ1n) is 3.26. The van der Waals surface area contributed by atoms with Gasteiger partial charge >= 0.3 is 0 Å². The second-order valence-electron chi connectivity index (χ2n) is 2.39. The van der Waals surface area contributed by atoms with Crippen molar-refractivity contribution in [2.24, 2.45) is 5.73 Å². The summed E-state index contributed by atoms with van der Waals surface area (Å²) in [4.78, 5) is 22.6. The highest BCUT2D eigenvalue weighted by atomic mass is 16.2. The molecular formula is C6H14N2O4. The fourth-order valence-electron chi connectivity index (χ4n) is 1.06. The lowest BCUT2D eigenvalue weighted by Crippen LogP contribution is -2.34. The Kier molecular flexibility index (Phi) is 6.17. The zero-order valence-electron chi connectivity index (χ0n) is 6.67. The van der Waals surface area contributed by atoms with Crippen molar-refractivity contribution in [1.82, 2.24) is 4.90 Å². The molecule has 1 heterocycles. The summed E-state index contributed by atoms with van der Waals surface area (Å²) < 4.78 is 0. The molecule has 72 valence electrons. The van der Waals surface area contributed by atoms with E-state index in [4.69, 9.17) is 5.73 Å². The maximum atomic E-state index is 10.8. The van der Waals surface area contributed by atoms with Crippen LogP contribution in [0.1, 0.15) is 12.8 Å². The number of hydrogen-bond donors (Lipinski definition) is 1. The normalized spacial score (nSPS) is 15.0. The third-order valence-corrected chi connectivity index (χ3v) is 1.52. The monoisotopic (exact) mass is 178 g/mol. The van der Waals surface area contributed by atoms with Gasteiger partial charge in [0.25, 0.3) is 0 Å². The van der Waals surface area contributed by atoms with Crippen LogP contribution in [-0.2, 0) is 9.59 Å². The fraction of sp³-hybridized carbons (Fsp3) is 0.667. The zero-order valence-corrected chi connectivity index (χ0v) is 6.67. The average molecular weight is 178 g/mol. The van der Waals surface area contributed by atoms with Crippen LogP contribution in [-0.4, -0.2) is 40.8 Å². The van der Waals surface area contributed by atoms with E-state index in [0.717, 1.165) is 6.42 Å². The number of nitrogens with two attached hydrogens (primary N) is 1. The Morgan fingerprint density at radius 2 is 2.08 bits per heavy atom. The number of hydrogen-bond acceptors (Lipinski definition) is 2. The quantitative estimate of drug-likeness (QED) is 0.499. The molecule has 6 nitrogen and oxygen atoms in total. The van der Waals surface area contributed by atoms with Gasteiger partial charge in [0.05, 0.1) is 6.54 Å². The topological polar surface area (TPSA) is 126 Å². The van der Waals surface area contributed by atoms with Gasteiger partial charge in [0, 0.05) is 13.0 Å². The maximum absolute atomic E-state index is 10.8. The van der Waals surface area contributed by atoms with Crippen molar-refractivity contribution in [2.45, 2.75) is 12.8 Å². The second kappa shape index (κ2) is 5.50. The van der Waals surface area contributed by atoms with Crippen molar-refractivity contribution in [2.75, 3.05) is 13.1 Å². The number of likely N-dealkylation sites (tertiary alicyclic amines) is 1. The van der Waals surface area contributed by atoms with Gasteiger partial charge in [-0.2, -0.15) is 0 Å². The van der Waals surface area contributed by atoms with Gasteiger partial charge in [0.2, 0.25) is 11.8 Å². The van der Waals surface area contributed by atoms with Crippen molar-refractivity contribution < 1.29 is 20.5 Å². The number of amides is 2. The highest BCUT2D eigenvalue weighted by Crippen LogP contribution is 2.07. The molecule has 1 saturated heterocycles. The Labute approximate surface area is 69.9 Å². The molecule has 6 heteroatoms. The molecule has 0 aliphatic carbocycles. The van der Waals surface area contributed by atoms with Crippen molar-refractivity contribution >= 4 is 11.8 Å². The summed E-state index contributed by atoms with van der Waals surface area (Å²) in [5, 5.41) is 0. The van der Waals surface area contributed by atoms with Gasteiger partial charge in [-0.15, -0.1) is 0 Å². The standard InChI is InChI=1S/C6H10N2O2.2H2O/c7-5(9)4-8-3-1-2-6(8)10;;/h1-4H2,(H2,7,9);2*1H2. The predicted octanol–water partition coefficient (Wildman–Crippen LogP) is -2.56. The predicted molar refractivity (Wildman–Crippen MR) is 42.2 cm³/mol. The third-order valence-electron chi connectivity index (χ3n) is 1.52. The molecule has 1 aliphatic heterocycles. The van der Waals surface area contributed by atoms with Gasteiger partial charge in [0.15, 0.2) is 0 Å². The number of primary amides is 1. The van der Waals surface area contributed by atoms with Crippen molar-refractivity contribution in [3.63, 3.8) is 0 Å². The molecule has 0 radical (unpaired) electrons. The molecule has 1 rings (SSSR count). The molecule has 0 saturated carbocycles. The van der Waals surface area contributed by atoms with Gasteiger partial charge in [-0.1, -0.05) is 0 Å². The summed E-state index contributed by atoms with van der Waals surface area (Å²) >= 11 is 0. The first kappa shape index (κ1) is 13.4. The Bertz CT molecular complexity index is 171. The molecule has 0 spiro atoms. The fourth-order valence-corrected chi connectivity index (χ4v) is 1.06. The van der Waals surface area contributed by atoms with E-state index in [-0.39, 0.29) is 23.4 Å². The lowest BCUT2D eigenvalue weighted by atomic mass is 10.4. The Morgan fingerprint density at radius 1 is 1.50 bits per heavy atom. The van der Waals surface area contributed by atoms with E-state index in [0.29, 0.717) is 13.0 Å². The van der Waals surface area contributed by atoms with Crippen LogP contribution in [0.3, 0.4) is 0 Å². The van der Waals surface area contributed by atoms with Gasteiger partial charge in [-0.05, 0) is 6.42 Å². The summed E-state index contributed by atoms with van der Waals surface area (Å²) in [5.41, 5.74) is 4.90. The van der Waals surface area contributed by atoms with Crippen LogP contribution in [0.5, 0.6) is 0 Å². The van der Waals surface area contributed by atoms with Crippen molar-refractivity contribution in [3.8, 4) is 0 Å². The van der Waals surface area contributed by atoms with Crippen LogP contribution in [0.2, 0.25) is 0 Å². The van der Waals surface area contributed by atoms with Crippen LogP contribution in [0.15, 0.2) is 0 Å². The van der Waals surface area contributed by atoms with Crippen LogP contribution in [0.4, 0.5) is 0 Å². The van der Waals surface area contributed by atoms with E-state index in [1.54, 1.807) is 0 Å². The number of carbonyl (C=O) groups excluding carboxylic acids is 2. The molecule has 0 unspecified atom stereocenters. The first-order valence-corrected chi connectivity index (χ1v) is 3.26. The average Bonchev–Trinajstić information content (AvgIpc) is 2.15. The van der Waals surface area contributed by atoms with Gasteiger partial charge < -0.3 is 21.6 Å². The van der Waals surface area contributed by atoms with E-state index >= 15 is 0 Å². The molecule has 12 heavy (non-hydrogen) atoms. The van der Waals surface area contributed by atoms with Crippen LogP contribution >= 0.6 is 0 Å². The van der Waals surface area contributed by atoms with Crippen LogP contribution in [0.25, 0.3) is 0 Å². The molecule has 0 aromatic carbocycles. The summed E-state index contributed by atoms with van der Waals surface area (Å²) in [5.74, 6) is -0.394. The van der Waals surface area contributed by atoms with Crippen LogP contribution < -0.4 is 5.73 Å². The van der Waals surface area contributed by atoms with Gasteiger partial charge in [-0.25, -0.2) is 0 Å². The SMILES string of the molecule is NC(=O)CN1CCCC1=O.O.O.